The first-order valence-corrected chi connectivity index (χ1v) is 9.15. The second-order valence-electron chi connectivity index (χ2n) is 6.02. The fraction of sp³-hybridized carbons (Fsp3) is 0.444. The van der Waals surface area contributed by atoms with Crippen LogP contribution in [0.1, 0.15) is 17.1 Å². The lowest BCUT2D eigenvalue weighted by Gasteiger charge is -2.09. The van der Waals surface area contributed by atoms with Gasteiger partial charge in [0.2, 0.25) is 5.91 Å². The summed E-state index contributed by atoms with van der Waals surface area (Å²) in [6.45, 7) is 1.75. The molecule has 2 unspecified atom stereocenters. The van der Waals surface area contributed by atoms with Crippen molar-refractivity contribution in [3.8, 4) is 10.4 Å². The molecule has 1 aliphatic heterocycles. The van der Waals surface area contributed by atoms with Gasteiger partial charge in [-0.1, -0.05) is 30.3 Å². The highest BCUT2D eigenvalue weighted by Gasteiger charge is 2.30. The topological polar surface area (TPSA) is 86.5 Å². The zero-order valence-corrected chi connectivity index (χ0v) is 15.1. The van der Waals surface area contributed by atoms with E-state index in [0.717, 1.165) is 21.1 Å². The Morgan fingerprint density at radius 2 is 2.24 bits per heavy atom. The zero-order chi connectivity index (χ0) is 17.6. The van der Waals surface area contributed by atoms with Crippen molar-refractivity contribution in [3.05, 3.63) is 41.0 Å². The maximum atomic E-state index is 12.4. The minimum atomic E-state index is -0.134. The van der Waals surface area contributed by atoms with Crippen LogP contribution in [0, 0.1) is 5.92 Å². The van der Waals surface area contributed by atoms with Gasteiger partial charge in [0, 0.05) is 13.7 Å². The molecule has 7 heteroatoms. The van der Waals surface area contributed by atoms with Crippen LogP contribution in [0.3, 0.4) is 0 Å². The molecule has 1 fully saturated rings. The van der Waals surface area contributed by atoms with Crippen molar-refractivity contribution in [2.24, 2.45) is 11.7 Å². The first kappa shape index (κ1) is 18.0. The number of thiazole rings is 1. The Balaban J connectivity index is 1.70. The first-order chi connectivity index (χ1) is 12.2. The number of carbonyl (C=O) groups excluding carboxylic acids is 1. The van der Waals surface area contributed by atoms with Crippen LogP contribution < -0.4 is 11.1 Å². The average Bonchev–Trinajstić information content (AvgIpc) is 3.28. The Morgan fingerprint density at radius 1 is 1.44 bits per heavy atom. The Bertz CT molecular complexity index is 705. The largest absolute Gasteiger partial charge is 0.378 e. The average molecular weight is 361 g/mol. The molecule has 25 heavy (non-hydrogen) atoms. The summed E-state index contributed by atoms with van der Waals surface area (Å²) >= 11 is 1.60. The number of aromatic nitrogens is 1. The van der Waals surface area contributed by atoms with Crippen LogP contribution in [-0.2, 0) is 27.4 Å². The number of benzene rings is 1. The lowest BCUT2D eigenvalue weighted by molar-refractivity contribution is -0.125. The van der Waals surface area contributed by atoms with Crippen LogP contribution in [0.5, 0.6) is 0 Å². The normalized spacial score (nSPS) is 19.9. The fourth-order valence-corrected chi connectivity index (χ4v) is 3.95. The fourth-order valence-electron chi connectivity index (χ4n) is 2.89. The number of nitrogens with zero attached hydrogens (tertiary/aromatic N) is 1. The van der Waals surface area contributed by atoms with Gasteiger partial charge in [-0.05, 0) is 12.0 Å². The molecule has 0 saturated carbocycles. The third-order valence-corrected chi connectivity index (χ3v) is 5.31. The number of hydrogen-bond donors (Lipinski definition) is 2. The molecule has 0 bridgehead atoms. The van der Waals surface area contributed by atoms with Gasteiger partial charge in [0.05, 0.1) is 42.4 Å². The van der Waals surface area contributed by atoms with E-state index in [9.17, 15) is 4.79 Å². The summed E-state index contributed by atoms with van der Waals surface area (Å²) in [7, 11) is 1.65. The van der Waals surface area contributed by atoms with Crippen molar-refractivity contribution in [2.75, 3.05) is 20.3 Å². The predicted molar refractivity (Wildman–Crippen MR) is 97.0 cm³/mol. The summed E-state index contributed by atoms with van der Waals surface area (Å²) in [6, 6.07) is 10.1. The highest BCUT2D eigenvalue weighted by molar-refractivity contribution is 7.15. The van der Waals surface area contributed by atoms with Crippen LogP contribution in [0.4, 0.5) is 0 Å². The highest BCUT2D eigenvalue weighted by atomic mass is 32.1. The maximum absolute atomic E-state index is 12.4. The number of carbonyl (C=O) groups is 1. The number of nitrogens with two attached hydrogens (primary N) is 1. The van der Waals surface area contributed by atoms with Gasteiger partial charge in [-0.2, -0.15) is 0 Å². The molecule has 0 aliphatic carbocycles. The standard InChI is InChI=1S/C18H23N3O3S/c1-23-11-16-21-15(17(25-16)12-5-3-2-4-6-12)9-20-18(22)13-7-14(8-19)24-10-13/h2-6,13-14H,7-11,19H2,1H3,(H,20,22). The van der Waals surface area contributed by atoms with Crippen molar-refractivity contribution in [2.45, 2.75) is 25.7 Å². The van der Waals surface area contributed by atoms with Gasteiger partial charge in [0.1, 0.15) is 5.01 Å². The van der Waals surface area contributed by atoms with Crippen molar-refractivity contribution in [1.29, 1.82) is 0 Å². The van der Waals surface area contributed by atoms with Gasteiger partial charge in [-0.25, -0.2) is 4.98 Å². The molecular formula is C18H23N3O3S. The van der Waals surface area contributed by atoms with E-state index in [1.165, 1.54) is 0 Å². The van der Waals surface area contributed by atoms with Gasteiger partial charge in [0.25, 0.3) is 0 Å². The highest BCUT2D eigenvalue weighted by Crippen LogP contribution is 2.31. The van der Waals surface area contributed by atoms with Gasteiger partial charge in [0.15, 0.2) is 0 Å². The second kappa shape index (κ2) is 8.53. The van der Waals surface area contributed by atoms with Crippen LogP contribution in [0.2, 0.25) is 0 Å². The molecular weight excluding hydrogens is 338 g/mol. The molecule has 1 aliphatic rings. The summed E-state index contributed by atoms with van der Waals surface area (Å²) < 4.78 is 10.7. The molecule has 134 valence electrons. The Morgan fingerprint density at radius 3 is 2.92 bits per heavy atom. The lowest BCUT2D eigenvalue weighted by atomic mass is 10.0. The molecule has 2 aromatic rings. The number of amides is 1. The Hall–Kier alpha value is -1.80. The minimum Gasteiger partial charge on any atom is -0.378 e. The predicted octanol–water partition coefficient (Wildman–Crippen LogP) is 1.94. The van der Waals surface area contributed by atoms with E-state index in [4.69, 9.17) is 15.2 Å². The van der Waals surface area contributed by atoms with E-state index in [2.05, 4.69) is 10.3 Å². The van der Waals surface area contributed by atoms with Crippen LogP contribution in [0.15, 0.2) is 30.3 Å². The van der Waals surface area contributed by atoms with E-state index in [1.54, 1.807) is 18.4 Å². The van der Waals surface area contributed by atoms with E-state index in [-0.39, 0.29) is 17.9 Å². The molecule has 0 spiro atoms. The van der Waals surface area contributed by atoms with Crippen molar-refractivity contribution in [3.63, 3.8) is 0 Å². The monoisotopic (exact) mass is 361 g/mol. The molecule has 3 N–H and O–H groups in total. The number of rotatable bonds is 7. The van der Waals surface area contributed by atoms with Crippen molar-refractivity contribution >= 4 is 17.2 Å². The van der Waals surface area contributed by atoms with Crippen molar-refractivity contribution < 1.29 is 14.3 Å². The third kappa shape index (κ3) is 4.43. The maximum Gasteiger partial charge on any atom is 0.225 e. The molecule has 2 heterocycles. The second-order valence-corrected chi connectivity index (χ2v) is 7.11. The quantitative estimate of drug-likeness (QED) is 0.787. The lowest BCUT2D eigenvalue weighted by Crippen LogP contribution is -2.31. The summed E-state index contributed by atoms with van der Waals surface area (Å²) in [5.41, 5.74) is 7.56. The zero-order valence-electron chi connectivity index (χ0n) is 14.2. The van der Waals surface area contributed by atoms with E-state index < -0.39 is 0 Å². The summed E-state index contributed by atoms with van der Waals surface area (Å²) in [6.07, 6.45) is 0.670. The molecule has 6 nitrogen and oxygen atoms in total. The third-order valence-electron chi connectivity index (χ3n) is 4.19. The molecule has 1 aromatic heterocycles. The molecule has 1 amide bonds. The van der Waals surface area contributed by atoms with E-state index in [1.807, 2.05) is 30.3 Å². The molecule has 2 atom stereocenters. The van der Waals surface area contributed by atoms with Crippen LogP contribution in [0.25, 0.3) is 10.4 Å². The summed E-state index contributed by atoms with van der Waals surface area (Å²) in [5, 5.41) is 3.90. The van der Waals surface area contributed by atoms with Gasteiger partial charge in [-0.15, -0.1) is 11.3 Å². The molecule has 0 radical (unpaired) electrons. The Kier molecular flexibility index (Phi) is 6.14. The first-order valence-electron chi connectivity index (χ1n) is 8.33. The van der Waals surface area contributed by atoms with Gasteiger partial charge in [-0.3, -0.25) is 4.79 Å². The number of ether oxygens (including phenoxy) is 2. The number of nitrogens with one attached hydrogen (secondary N) is 1. The number of hydrogen-bond acceptors (Lipinski definition) is 6. The van der Waals surface area contributed by atoms with Crippen LogP contribution >= 0.6 is 11.3 Å². The molecule has 3 rings (SSSR count). The van der Waals surface area contributed by atoms with Gasteiger partial charge >= 0.3 is 0 Å². The van der Waals surface area contributed by atoms with E-state index in [0.29, 0.717) is 32.7 Å². The Labute approximate surface area is 151 Å². The van der Waals surface area contributed by atoms with Gasteiger partial charge < -0.3 is 20.5 Å². The van der Waals surface area contributed by atoms with Crippen molar-refractivity contribution in [1.82, 2.24) is 10.3 Å². The summed E-state index contributed by atoms with van der Waals surface area (Å²) in [4.78, 5) is 18.1. The van der Waals surface area contributed by atoms with E-state index >= 15 is 0 Å². The SMILES string of the molecule is COCc1nc(CNC(=O)C2COC(CN)C2)c(-c2ccccc2)s1. The minimum absolute atomic E-state index is 0.00347. The number of methoxy groups -OCH3 is 1. The van der Waals surface area contributed by atoms with Crippen LogP contribution in [-0.4, -0.2) is 37.3 Å². The summed E-state index contributed by atoms with van der Waals surface area (Å²) in [5.74, 6) is -0.137. The molecule has 1 saturated heterocycles. The smallest absolute Gasteiger partial charge is 0.225 e. The molecule has 1 aromatic carbocycles.